The largest absolute Gasteiger partial charge is 0.444 e. The van der Waals surface area contributed by atoms with Crippen molar-refractivity contribution in [1.29, 1.82) is 0 Å². The van der Waals surface area contributed by atoms with Crippen molar-refractivity contribution in [1.82, 2.24) is 9.80 Å². The number of amides is 2. The summed E-state index contributed by atoms with van der Waals surface area (Å²) in [5.74, 6) is 0.220. The quantitative estimate of drug-likeness (QED) is 0.617. The van der Waals surface area contributed by atoms with Crippen LogP contribution in [0.1, 0.15) is 54.4 Å². The number of piperidine rings is 2. The SMILES string of the molecule is CO[C@@H]1CN(C(=O)OC(C)(C)C)CC[C@@H]1CO.CO[C@H]1CN(C(=O)OC(C)(C)C)CC[C@H]1CO. The molecule has 0 bridgehead atoms. The number of ether oxygens (including phenoxy) is 4. The van der Waals surface area contributed by atoms with Gasteiger partial charge in [-0.25, -0.2) is 9.59 Å². The minimum atomic E-state index is -0.479. The first-order valence-electron chi connectivity index (χ1n) is 12.0. The second-order valence-electron chi connectivity index (χ2n) is 10.9. The Bertz CT molecular complexity index is 577. The second-order valence-corrected chi connectivity index (χ2v) is 10.9. The van der Waals surface area contributed by atoms with Gasteiger partial charge in [0.1, 0.15) is 11.2 Å². The number of rotatable bonds is 4. The predicted octanol–water partition coefficient (Wildman–Crippen LogP) is 2.50. The molecule has 0 aliphatic carbocycles. The first kappa shape index (κ1) is 30.4. The van der Waals surface area contributed by atoms with Gasteiger partial charge in [-0.1, -0.05) is 0 Å². The highest BCUT2D eigenvalue weighted by Crippen LogP contribution is 2.22. The molecule has 2 N–H and O–H groups in total. The molecule has 2 aliphatic rings. The highest BCUT2D eigenvalue weighted by atomic mass is 16.6. The van der Waals surface area contributed by atoms with Gasteiger partial charge in [0.15, 0.2) is 0 Å². The van der Waals surface area contributed by atoms with E-state index in [4.69, 9.17) is 18.9 Å². The summed E-state index contributed by atoms with van der Waals surface area (Å²) in [7, 11) is 3.21. The summed E-state index contributed by atoms with van der Waals surface area (Å²) in [4.78, 5) is 27.0. The van der Waals surface area contributed by atoms with Crippen molar-refractivity contribution in [3.63, 3.8) is 0 Å². The van der Waals surface area contributed by atoms with Gasteiger partial charge in [-0.3, -0.25) is 0 Å². The van der Waals surface area contributed by atoms with E-state index < -0.39 is 11.2 Å². The lowest BCUT2D eigenvalue weighted by atomic mass is 9.95. The molecule has 4 atom stereocenters. The van der Waals surface area contributed by atoms with Crippen LogP contribution in [-0.2, 0) is 18.9 Å². The number of carbonyl (C=O) groups excluding carboxylic acids is 2. The Morgan fingerprint density at radius 2 is 1.06 bits per heavy atom. The van der Waals surface area contributed by atoms with Crippen LogP contribution >= 0.6 is 0 Å². The van der Waals surface area contributed by atoms with Crippen molar-refractivity contribution in [3.05, 3.63) is 0 Å². The smallest absolute Gasteiger partial charge is 0.410 e. The third-order valence-corrected chi connectivity index (χ3v) is 5.77. The van der Waals surface area contributed by atoms with E-state index in [1.807, 2.05) is 41.5 Å². The highest BCUT2D eigenvalue weighted by Gasteiger charge is 2.34. The zero-order chi connectivity index (χ0) is 26.1. The molecule has 34 heavy (non-hydrogen) atoms. The topological polar surface area (TPSA) is 118 Å². The van der Waals surface area contributed by atoms with Gasteiger partial charge >= 0.3 is 12.2 Å². The number of likely N-dealkylation sites (tertiary alicyclic amines) is 2. The van der Waals surface area contributed by atoms with E-state index in [2.05, 4.69) is 0 Å². The van der Waals surface area contributed by atoms with Gasteiger partial charge in [-0.05, 0) is 54.4 Å². The molecule has 2 aliphatic heterocycles. The Labute approximate surface area is 204 Å². The summed E-state index contributed by atoms with van der Waals surface area (Å²) >= 11 is 0. The number of nitrogens with zero attached hydrogens (tertiary/aromatic N) is 2. The van der Waals surface area contributed by atoms with Crippen molar-refractivity contribution in [2.75, 3.05) is 53.6 Å². The predicted molar refractivity (Wildman–Crippen MR) is 128 cm³/mol. The standard InChI is InChI=1S/2C12H23NO4/c2*1-12(2,3)17-11(15)13-6-5-9(8-14)10(7-13)16-4/h2*9-10,14H,5-8H2,1-4H3/t2*9-,10-/m10/s1. The van der Waals surface area contributed by atoms with Gasteiger partial charge in [0.25, 0.3) is 0 Å². The molecular weight excluding hydrogens is 444 g/mol. The van der Waals surface area contributed by atoms with Crippen LogP contribution in [0, 0.1) is 11.8 Å². The van der Waals surface area contributed by atoms with Crippen molar-refractivity contribution in [2.24, 2.45) is 11.8 Å². The van der Waals surface area contributed by atoms with Gasteiger partial charge in [0.05, 0.1) is 25.3 Å². The molecule has 200 valence electrons. The van der Waals surface area contributed by atoms with E-state index in [0.29, 0.717) is 26.2 Å². The van der Waals surface area contributed by atoms with Crippen LogP contribution in [0.25, 0.3) is 0 Å². The fourth-order valence-electron chi connectivity index (χ4n) is 3.87. The molecule has 0 aromatic rings. The molecule has 10 nitrogen and oxygen atoms in total. The minimum Gasteiger partial charge on any atom is -0.444 e. The maximum Gasteiger partial charge on any atom is 0.410 e. The molecule has 10 heteroatoms. The molecule has 0 spiro atoms. The first-order chi connectivity index (χ1) is 15.7. The molecule has 2 saturated heterocycles. The Morgan fingerprint density at radius 3 is 1.29 bits per heavy atom. The summed E-state index contributed by atoms with van der Waals surface area (Å²) in [5.41, 5.74) is -0.957. The average molecular weight is 491 g/mol. The van der Waals surface area contributed by atoms with Crippen molar-refractivity contribution < 1.29 is 38.7 Å². The van der Waals surface area contributed by atoms with Crippen LogP contribution in [0.5, 0.6) is 0 Å². The molecule has 2 amide bonds. The van der Waals surface area contributed by atoms with Crippen LogP contribution in [0.4, 0.5) is 9.59 Å². The lowest BCUT2D eigenvalue weighted by Crippen LogP contribution is -2.49. The molecular formula is C24H46N2O8. The maximum absolute atomic E-state index is 11.9. The molecule has 0 saturated carbocycles. The van der Waals surface area contributed by atoms with Crippen LogP contribution in [0.3, 0.4) is 0 Å². The minimum absolute atomic E-state index is 0.0979. The van der Waals surface area contributed by atoms with Gasteiger partial charge in [-0.15, -0.1) is 0 Å². The van der Waals surface area contributed by atoms with Gasteiger partial charge < -0.3 is 39.0 Å². The molecule has 2 heterocycles. The van der Waals surface area contributed by atoms with Crippen LogP contribution < -0.4 is 0 Å². The fourth-order valence-corrected chi connectivity index (χ4v) is 3.87. The second kappa shape index (κ2) is 13.5. The number of hydrogen-bond donors (Lipinski definition) is 2. The fraction of sp³-hybridized carbons (Fsp3) is 0.917. The number of carbonyl (C=O) groups is 2. The molecule has 2 rings (SSSR count). The van der Waals surface area contributed by atoms with Gasteiger partial charge in [0.2, 0.25) is 0 Å². The molecule has 0 unspecified atom stereocenters. The zero-order valence-electron chi connectivity index (χ0n) is 22.2. The van der Waals surface area contributed by atoms with Crippen LogP contribution in [0.15, 0.2) is 0 Å². The molecule has 0 aromatic carbocycles. The monoisotopic (exact) mass is 490 g/mol. The normalized spacial score (nSPS) is 25.8. The molecule has 0 aromatic heterocycles. The van der Waals surface area contributed by atoms with E-state index in [-0.39, 0.29) is 49.4 Å². The van der Waals surface area contributed by atoms with E-state index in [1.54, 1.807) is 24.0 Å². The third kappa shape index (κ3) is 10.3. The number of methoxy groups -OCH3 is 2. The van der Waals surface area contributed by atoms with E-state index in [9.17, 15) is 19.8 Å². The van der Waals surface area contributed by atoms with E-state index in [1.165, 1.54) is 0 Å². The lowest BCUT2D eigenvalue weighted by molar-refractivity contribution is -0.0407. The molecule has 0 radical (unpaired) electrons. The summed E-state index contributed by atoms with van der Waals surface area (Å²) in [6, 6.07) is 0. The summed E-state index contributed by atoms with van der Waals surface area (Å²) in [5, 5.41) is 18.4. The van der Waals surface area contributed by atoms with Gasteiger partial charge in [-0.2, -0.15) is 0 Å². The lowest BCUT2D eigenvalue weighted by Gasteiger charge is -2.37. The Morgan fingerprint density at radius 1 is 0.735 bits per heavy atom. The first-order valence-corrected chi connectivity index (χ1v) is 12.0. The van der Waals surface area contributed by atoms with Crippen molar-refractivity contribution >= 4 is 12.2 Å². The zero-order valence-corrected chi connectivity index (χ0v) is 22.2. The van der Waals surface area contributed by atoms with Gasteiger partial charge in [0, 0.05) is 52.4 Å². The third-order valence-electron chi connectivity index (χ3n) is 5.77. The maximum atomic E-state index is 11.9. The number of hydrogen-bond acceptors (Lipinski definition) is 8. The van der Waals surface area contributed by atoms with Crippen LogP contribution in [-0.4, -0.2) is 109 Å². The Kier molecular flexibility index (Phi) is 12.0. The van der Waals surface area contributed by atoms with E-state index >= 15 is 0 Å². The number of aliphatic hydroxyl groups is 2. The summed E-state index contributed by atoms with van der Waals surface area (Å²) in [6.07, 6.45) is 0.650. The Balaban J connectivity index is 0.000000340. The highest BCUT2D eigenvalue weighted by molar-refractivity contribution is 5.68. The summed E-state index contributed by atoms with van der Waals surface area (Å²) < 4.78 is 21.2. The van der Waals surface area contributed by atoms with Crippen molar-refractivity contribution in [2.45, 2.75) is 77.8 Å². The summed E-state index contributed by atoms with van der Waals surface area (Å²) in [6.45, 7) is 13.5. The number of aliphatic hydroxyl groups excluding tert-OH is 2. The van der Waals surface area contributed by atoms with Crippen LogP contribution in [0.2, 0.25) is 0 Å². The average Bonchev–Trinajstić information content (AvgIpc) is 2.76. The van der Waals surface area contributed by atoms with Crippen molar-refractivity contribution in [3.8, 4) is 0 Å². The Hall–Kier alpha value is -1.62. The molecule has 2 fully saturated rings. The van der Waals surface area contributed by atoms with E-state index in [0.717, 1.165) is 12.8 Å².